The van der Waals surface area contributed by atoms with Gasteiger partial charge in [-0.25, -0.2) is 4.79 Å². The molecule has 0 aliphatic carbocycles. The molecular weight excluding hydrogens is 558 g/mol. The van der Waals surface area contributed by atoms with Gasteiger partial charge in [0.1, 0.15) is 24.8 Å². The molecule has 0 bridgehead atoms. The van der Waals surface area contributed by atoms with Crippen molar-refractivity contribution in [2.45, 2.75) is 52.0 Å². The van der Waals surface area contributed by atoms with E-state index in [-0.39, 0.29) is 37.9 Å². The van der Waals surface area contributed by atoms with Gasteiger partial charge < -0.3 is 20.1 Å². The molecule has 2 atom stereocenters. The molecular formula is C31H34ClN5O5. The van der Waals surface area contributed by atoms with E-state index in [0.29, 0.717) is 28.0 Å². The second-order valence-electron chi connectivity index (χ2n) is 10.4. The highest BCUT2D eigenvalue weighted by atomic mass is 35.5. The van der Waals surface area contributed by atoms with E-state index in [1.54, 1.807) is 12.1 Å². The number of Topliss-reactive ketones (excluding diaryl/α,β-unsaturated/α-hetero) is 1. The zero-order chi connectivity index (χ0) is 29.9. The molecule has 4 aromatic rings. The highest BCUT2D eigenvalue weighted by Crippen LogP contribution is 2.22. The maximum atomic E-state index is 13.4. The molecule has 10 nitrogen and oxygen atoms in total. The number of hydrogen-bond acceptors (Lipinski definition) is 7. The SMILES string of the molecule is CC(C)C[C@H](NC(=O)OCc1ccccc1)C(=O)N[C@@H](Cc1ccccc1)C(=O)COCc1cc2nn[nH]c2cc1Cl. The van der Waals surface area contributed by atoms with Crippen LogP contribution in [-0.4, -0.2) is 51.9 Å². The summed E-state index contributed by atoms with van der Waals surface area (Å²) < 4.78 is 11.0. The molecule has 0 unspecified atom stereocenters. The lowest BCUT2D eigenvalue weighted by atomic mass is 10.00. The van der Waals surface area contributed by atoms with Crippen LogP contribution in [0.2, 0.25) is 5.02 Å². The predicted molar refractivity (Wildman–Crippen MR) is 159 cm³/mol. The summed E-state index contributed by atoms with van der Waals surface area (Å²) in [4.78, 5) is 39.3. The highest BCUT2D eigenvalue weighted by Gasteiger charge is 2.28. The third kappa shape index (κ3) is 9.12. The van der Waals surface area contributed by atoms with Gasteiger partial charge in [0.2, 0.25) is 5.91 Å². The second kappa shape index (κ2) is 15.1. The first-order chi connectivity index (χ1) is 20.3. The van der Waals surface area contributed by atoms with Gasteiger partial charge >= 0.3 is 6.09 Å². The molecule has 0 spiro atoms. The molecule has 2 amide bonds. The van der Waals surface area contributed by atoms with Crippen molar-refractivity contribution in [2.75, 3.05) is 6.61 Å². The van der Waals surface area contributed by atoms with Gasteiger partial charge in [-0.15, -0.1) is 5.10 Å². The largest absolute Gasteiger partial charge is 0.445 e. The lowest BCUT2D eigenvalue weighted by molar-refractivity contribution is -0.131. The fraction of sp³-hybridized carbons (Fsp3) is 0.323. The van der Waals surface area contributed by atoms with Crippen molar-refractivity contribution < 1.29 is 23.9 Å². The van der Waals surface area contributed by atoms with Gasteiger partial charge in [0.15, 0.2) is 5.78 Å². The quantitative estimate of drug-likeness (QED) is 0.192. The molecule has 220 valence electrons. The number of alkyl carbamates (subject to hydrolysis) is 1. The van der Waals surface area contributed by atoms with Crippen LogP contribution in [0.5, 0.6) is 0 Å². The molecule has 3 N–H and O–H groups in total. The van der Waals surface area contributed by atoms with Crippen molar-refractivity contribution in [1.82, 2.24) is 26.0 Å². The topological polar surface area (TPSA) is 135 Å². The van der Waals surface area contributed by atoms with Gasteiger partial charge in [0.05, 0.1) is 18.2 Å². The van der Waals surface area contributed by atoms with Crippen molar-refractivity contribution in [3.8, 4) is 0 Å². The van der Waals surface area contributed by atoms with Gasteiger partial charge in [-0.1, -0.05) is 91.3 Å². The van der Waals surface area contributed by atoms with Crippen LogP contribution in [0.15, 0.2) is 72.8 Å². The Morgan fingerprint density at radius 1 is 0.905 bits per heavy atom. The fourth-order valence-corrected chi connectivity index (χ4v) is 4.58. The minimum atomic E-state index is -0.895. The standard InChI is InChI=1S/C31H34ClN5O5/c1-20(2)13-28(34-31(40)42-17-22-11-7-4-8-12-22)30(39)33-27(14-21-9-5-3-6-10-21)29(38)19-41-18-23-15-25-26(16-24(23)32)36-37-35-25/h3-12,15-16,20,27-28H,13-14,17-19H2,1-2H3,(H,33,39)(H,34,40)(H,35,36,37)/t27-,28-/m0/s1. The summed E-state index contributed by atoms with van der Waals surface area (Å²) in [6.07, 6.45) is -0.0967. The Hall–Kier alpha value is -4.28. The lowest BCUT2D eigenvalue weighted by Crippen LogP contribution is -2.53. The Labute approximate surface area is 249 Å². The highest BCUT2D eigenvalue weighted by molar-refractivity contribution is 6.32. The van der Waals surface area contributed by atoms with E-state index < -0.39 is 24.1 Å². The van der Waals surface area contributed by atoms with Gasteiger partial charge in [-0.3, -0.25) is 14.7 Å². The van der Waals surface area contributed by atoms with Crippen molar-refractivity contribution in [1.29, 1.82) is 0 Å². The monoisotopic (exact) mass is 591 g/mol. The second-order valence-corrected chi connectivity index (χ2v) is 10.8. The molecule has 1 heterocycles. The summed E-state index contributed by atoms with van der Waals surface area (Å²) in [6.45, 7) is 3.78. The number of nitrogens with zero attached hydrogens (tertiary/aromatic N) is 2. The normalized spacial score (nSPS) is 12.6. The summed E-state index contributed by atoms with van der Waals surface area (Å²) >= 11 is 6.35. The van der Waals surface area contributed by atoms with Gasteiger partial charge in [0.25, 0.3) is 0 Å². The number of aromatic amines is 1. The maximum absolute atomic E-state index is 13.4. The molecule has 0 saturated heterocycles. The summed E-state index contributed by atoms with van der Waals surface area (Å²) in [5.41, 5.74) is 3.67. The Morgan fingerprint density at radius 3 is 2.29 bits per heavy atom. The van der Waals surface area contributed by atoms with Crippen molar-refractivity contribution >= 4 is 40.4 Å². The number of H-pyrrole nitrogens is 1. The van der Waals surface area contributed by atoms with E-state index in [1.807, 2.05) is 74.5 Å². The molecule has 0 fully saturated rings. The predicted octanol–water partition coefficient (Wildman–Crippen LogP) is 4.77. The molecule has 42 heavy (non-hydrogen) atoms. The third-order valence-corrected chi connectivity index (χ3v) is 6.86. The van der Waals surface area contributed by atoms with Gasteiger partial charge in [-0.05, 0) is 47.6 Å². The van der Waals surface area contributed by atoms with Crippen LogP contribution in [-0.2, 0) is 38.7 Å². The number of amides is 2. The number of aromatic nitrogens is 3. The number of fused-ring (bicyclic) bond motifs is 1. The van der Waals surface area contributed by atoms with E-state index in [0.717, 1.165) is 11.1 Å². The van der Waals surface area contributed by atoms with Crippen molar-refractivity contribution in [3.05, 3.63) is 94.5 Å². The summed E-state index contributed by atoms with van der Waals surface area (Å²) in [6, 6.07) is 20.3. The lowest BCUT2D eigenvalue weighted by Gasteiger charge is -2.24. The van der Waals surface area contributed by atoms with Crippen LogP contribution in [0.3, 0.4) is 0 Å². The molecule has 0 saturated carbocycles. The van der Waals surface area contributed by atoms with Crippen LogP contribution in [0.4, 0.5) is 4.79 Å². The summed E-state index contributed by atoms with van der Waals surface area (Å²) in [5, 5.41) is 16.5. The third-order valence-electron chi connectivity index (χ3n) is 6.51. The van der Waals surface area contributed by atoms with Gasteiger partial charge in [-0.2, -0.15) is 0 Å². The Bertz CT molecular complexity index is 1480. The van der Waals surface area contributed by atoms with Crippen LogP contribution < -0.4 is 10.6 Å². The maximum Gasteiger partial charge on any atom is 0.408 e. The Morgan fingerprint density at radius 2 is 1.60 bits per heavy atom. The van der Waals surface area contributed by atoms with E-state index in [9.17, 15) is 14.4 Å². The minimum Gasteiger partial charge on any atom is -0.445 e. The van der Waals surface area contributed by atoms with E-state index in [4.69, 9.17) is 21.1 Å². The van der Waals surface area contributed by atoms with E-state index in [2.05, 4.69) is 26.0 Å². The summed E-state index contributed by atoms with van der Waals surface area (Å²) in [5.74, 6) is -0.705. The van der Waals surface area contributed by atoms with Crippen LogP contribution >= 0.6 is 11.6 Å². The molecule has 3 aromatic carbocycles. The minimum absolute atomic E-state index is 0.0722. The first-order valence-corrected chi connectivity index (χ1v) is 14.1. The number of rotatable bonds is 14. The number of ketones is 1. The average Bonchev–Trinajstić information content (AvgIpc) is 3.43. The van der Waals surface area contributed by atoms with Crippen molar-refractivity contribution in [3.63, 3.8) is 0 Å². The zero-order valence-corrected chi connectivity index (χ0v) is 24.3. The molecule has 4 rings (SSSR count). The molecule has 0 radical (unpaired) electrons. The number of hydrogen-bond donors (Lipinski definition) is 3. The number of halogens is 1. The Balaban J connectivity index is 1.40. The molecule has 11 heteroatoms. The first kappa shape index (κ1) is 30.7. The van der Waals surface area contributed by atoms with Gasteiger partial charge in [0, 0.05) is 5.02 Å². The number of benzene rings is 3. The smallest absolute Gasteiger partial charge is 0.408 e. The molecule has 0 aliphatic heterocycles. The molecule has 1 aromatic heterocycles. The van der Waals surface area contributed by atoms with E-state index in [1.165, 1.54) is 0 Å². The number of carbonyl (C=O) groups excluding carboxylic acids is 3. The number of ether oxygens (including phenoxy) is 2. The van der Waals surface area contributed by atoms with Crippen LogP contribution in [0, 0.1) is 5.92 Å². The number of nitrogens with one attached hydrogen (secondary N) is 3. The van der Waals surface area contributed by atoms with Crippen LogP contribution in [0.1, 0.15) is 37.0 Å². The molecule has 0 aliphatic rings. The van der Waals surface area contributed by atoms with Crippen molar-refractivity contribution in [2.24, 2.45) is 5.92 Å². The fourth-order valence-electron chi connectivity index (χ4n) is 4.36. The number of carbonyl (C=O) groups is 3. The first-order valence-electron chi connectivity index (χ1n) is 13.7. The summed E-state index contributed by atoms with van der Waals surface area (Å²) in [7, 11) is 0. The van der Waals surface area contributed by atoms with E-state index >= 15 is 0 Å². The van der Waals surface area contributed by atoms with Crippen LogP contribution in [0.25, 0.3) is 11.0 Å². The zero-order valence-electron chi connectivity index (χ0n) is 23.5. The Kier molecular flexibility index (Phi) is 11.0. The average molecular weight is 592 g/mol.